The van der Waals surface area contributed by atoms with E-state index in [0.717, 1.165) is 44.9 Å². The molecule has 1 amide bonds. The number of hydrogen-bond acceptors (Lipinski definition) is 5. The van der Waals surface area contributed by atoms with Crippen molar-refractivity contribution < 1.29 is 24.5 Å². The van der Waals surface area contributed by atoms with Crippen LogP contribution in [0.2, 0.25) is 0 Å². The van der Waals surface area contributed by atoms with E-state index in [-0.39, 0.29) is 18.5 Å². The highest BCUT2D eigenvalue weighted by Gasteiger charge is 2.18. The van der Waals surface area contributed by atoms with Gasteiger partial charge < -0.3 is 20.3 Å². The maximum atomic E-state index is 12.5. The van der Waals surface area contributed by atoms with Crippen molar-refractivity contribution in [3.63, 3.8) is 0 Å². The lowest BCUT2D eigenvalue weighted by atomic mass is 10.0. The average molecular weight is 1030 g/mol. The second kappa shape index (κ2) is 62.9. The first-order valence-corrected chi connectivity index (χ1v) is 33.1. The molecule has 73 heavy (non-hydrogen) atoms. The number of hydrogen-bond donors (Lipinski definition) is 3. The summed E-state index contributed by atoms with van der Waals surface area (Å²) < 4.78 is 5.48. The van der Waals surface area contributed by atoms with Gasteiger partial charge in [0.05, 0.1) is 25.4 Å². The van der Waals surface area contributed by atoms with Crippen molar-refractivity contribution >= 4 is 11.9 Å². The van der Waals surface area contributed by atoms with Crippen LogP contribution in [-0.4, -0.2) is 47.4 Å². The molecule has 0 saturated heterocycles. The molecule has 2 atom stereocenters. The first-order valence-electron chi connectivity index (χ1n) is 33.1. The minimum Gasteiger partial charge on any atom is -0.466 e. The fourth-order valence-electron chi connectivity index (χ4n) is 10.4. The number of allylic oxidation sites excluding steroid dienone is 3. The van der Waals surface area contributed by atoms with Crippen LogP contribution in [0.15, 0.2) is 24.3 Å². The molecule has 2 unspecified atom stereocenters. The minimum atomic E-state index is -0.842. The van der Waals surface area contributed by atoms with Gasteiger partial charge in [0.15, 0.2) is 0 Å². The van der Waals surface area contributed by atoms with Gasteiger partial charge >= 0.3 is 5.97 Å². The van der Waals surface area contributed by atoms with E-state index in [2.05, 4.69) is 31.3 Å². The van der Waals surface area contributed by atoms with E-state index in [9.17, 15) is 19.8 Å². The summed E-state index contributed by atoms with van der Waals surface area (Å²) in [5, 5.41) is 23.1. The molecule has 0 heterocycles. The summed E-state index contributed by atoms with van der Waals surface area (Å²) in [5.74, 6) is -0.0537. The quantitative estimate of drug-likeness (QED) is 0.0320. The molecule has 0 aliphatic rings. The predicted octanol–water partition coefficient (Wildman–Crippen LogP) is 21.0. The SMILES string of the molecule is CCCCCCC/C=C\CCCCCCCC(=O)OCCCCCCCCCCCCCCCCCCCCCCCCCCCCCC(=O)NC(CO)C(O)/C=C/CCCCCCCCCCCCCCC. The Balaban J connectivity index is 3.36. The molecular formula is C67H129NO5. The number of nitrogens with one attached hydrogen (secondary N) is 1. The van der Waals surface area contributed by atoms with E-state index < -0.39 is 12.1 Å². The van der Waals surface area contributed by atoms with Crippen LogP contribution >= 0.6 is 0 Å². The summed E-state index contributed by atoms with van der Waals surface area (Å²) in [5.41, 5.74) is 0. The third-order valence-corrected chi connectivity index (χ3v) is 15.5. The summed E-state index contributed by atoms with van der Waals surface area (Å²) in [6.45, 7) is 4.92. The van der Waals surface area contributed by atoms with Crippen LogP contribution in [0.5, 0.6) is 0 Å². The number of amides is 1. The van der Waals surface area contributed by atoms with Crippen molar-refractivity contribution in [2.45, 2.75) is 379 Å². The molecule has 0 spiro atoms. The Hall–Kier alpha value is -1.66. The number of unbranched alkanes of at least 4 members (excludes halogenated alkanes) is 49. The largest absolute Gasteiger partial charge is 0.466 e. The van der Waals surface area contributed by atoms with Crippen molar-refractivity contribution in [1.82, 2.24) is 5.32 Å². The lowest BCUT2D eigenvalue weighted by molar-refractivity contribution is -0.143. The zero-order valence-corrected chi connectivity index (χ0v) is 49.4. The average Bonchev–Trinajstić information content (AvgIpc) is 3.39. The maximum absolute atomic E-state index is 12.5. The van der Waals surface area contributed by atoms with Gasteiger partial charge in [-0.05, 0) is 57.8 Å². The highest BCUT2D eigenvalue weighted by molar-refractivity contribution is 5.76. The van der Waals surface area contributed by atoms with Gasteiger partial charge in [-0.1, -0.05) is 321 Å². The Morgan fingerprint density at radius 2 is 0.644 bits per heavy atom. The van der Waals surface area contributed by atoms with Crippen LogP contribution in [0.25, 0.3) is 0 Å². The highest BCUT2D eigenvalue weighted by atomic mass is 16.5. The molecule has 0 aromatic carbocycles. The molecule has 0 aromatic rings. The summed E-state index contributed by atoms with van der Waals surface area (Å²) in [6.07, 6.45) is 78.1. The normalized spacial score (nSPS) is 12.7. The Morgan fingerprint density at radius 1 is 0.370 bits per heavy atom. The van der Waals surface area contributed by atoms with E-state index in [1.54, 1.807) is 6.08 Å². The molecule has 0 aliphatic carbocycles. The molecule has 432 valence electrons. The second-order valence-electron chi connectivity index (χ2n) is 22.8. The van der Waals surface area contributed by atoms with E-state index in [4.69, 9.17) is 4.74 Å². The highest BCUT2D eigenvalue weighted by Crippen LogP contribution is 2.18. The topological polar surface area (TPSA) is 95.9 Å². The summed E-state index contributed by atoms with van der Waals surface area (Å²) in [7, 11) is 0. The molecule has 3 N–H and O–H groups in total. The number of ether oxygens (including phenoxy) is 1. The van der Waals surface area contributed by atoms with Crippen LogP contribution < -0.4 is 5.32 Å². The van der Waals surface area contributed by atoms with Crippen molar-refractivity contribution in [3.05, 3.63) is 24.3 Å². The van der Waals surface area contributed by atoms with Gasteiger partial charge in [-0.2, -0.15) is 0 Å². The molecule has 6 heteroatoms. The van der Waals surface area contributed by atoms with E-state index in [0.29, 0.717) is 19.4 Å². The van der Waals surface area contributed by atoms with Crippen molar-refractivity contribution in [1.29, 1.82) is 0 Å². The standard InChI is InChI=1S/C67H129NO5/c1-3-5-7-9-11-13-15-17-32-35-39-43-47-51-55-59-65(70)64(63-69)68-66(71)60-56-52-48-44-40-36-33-30-28-26-24-22-20-19-21-23-25-27-29-31-34-38-42-46-50-54-58-62-73-67(72)61-57-53-49-45-41-37-18-16-14-12-10-8-6-4-2/h16,18,55,59,64-65,69-70H,3-15,17,19-54,56-58,60-63H2,1-2H3,(H,68,71)/b18-16-,59-55+. The van der Waals surface area contributed by atoms with Crippen LogP contribution in [0.4, 0.5) is 0 Å². The molecule has 0 aromatic heterocycles. The van der Waals surface area contributed by atoms with Gasteiger partial charge in [-0.3, -0.25) is 9.59 Å². The lowest BCUT2D eigenvalue weighted by Gasteiger charge is -2.20. The summed E-state index contributed by atoms with van der Waals surface area (Å²) in [6, 6.07) is -0.625. The van der Waals surface area contributed by atoms with E-state index in [1.807, 2.05) is 6.08 Å². The van der Waals surface area contributed by atoms with Gasteiger partial charge in [0, 0.05) is 12.8 Å². The zero-order valence-electron chi connectivity index (χ0n) is 49.4. The zero-order chi connectivity index (χ0) is 52.9. The number of rotatable bonds is 62. The number of carbonyl (C=O) groups is 2. The molecule has 0 fully saturated rings. The Morgan fingerprint density at radius 3 is 0.973 bits per heavy atom. The monoisotopic (exact) mass is 1030 g/mol. The number of aliphatic hydroxyl groups is 2. The van der Waals surface area contributed by atoms with Gasteiger partial charge in [-0.25, -0.2) is 0 Å². The summed E-state index contributed by atoms with van der Waals surface area (Å²) in [4.78, 5) is 24.5. The Bertz CT molecular complexity index is 1140. The molecule has 0 saturated carbocycles. The Labute approximate surface area is 456 Å². The summed E-state index contributed by atoms with van der Waals surface area (Å²) >= 11 is 0. The maximum Gasteiger partial charge on any atom is 0.305 e. The Kier molecular flexibility index (Phi) is 61.4. The van der Waals surface area contributed by atoms with Crippen LogP contribution in [0.3, 0.4) is 0 Å². The smallest absolute Gasteiger partial charge is 0.305 e. The number of esters is 1. The van der Waals surface area contributed by atoms with E-state index >= 15 is 0 Å². The first-order chi connectivity index (χ1) is 36.0. The van der Waals surface area contributed by atoms with Gasteiger partial charge in [0.25, 0.3) is 0 Å². The van der Waals surface area contributed by atoms with E-state index in [1.165, 1.54) is 295 Å². The lowest BCUT2D eigenvalue weighted by Crippen LogP contribution is -2.45. The van der Waals surface area contributed by atoms with Crippen LogP contribution in [0, 0.1) is 0 Å². The molecular weight excluding hydrogens is 899 g/mol. The van der Waals surface area contributed by atoms with Crippen molar-refractivity contribution in [3.8, 4) is 0 Å². The fourth-order valence-corrected chi connectivity index (χ4v) is 10.4. The molecule has 0 radical (unpaired) electrons. The molecule has 0 bridgehead atoms. The number of aliphatic hydroxyl groups excluding tert-OH is 2. The third-order valence-electron chi connectivity index (χ3n) is 15.5. The fraction of sp³-hybridized carbons (Fsp3) is 0.910. The van der Waals surface area contributed by atoms with Crippen LogP contribution in [0.1, 0.15) is 367 Å². The van der Waals surface area contributed by atoms with Crippen molar-refractivity contribution in [2.24, 2.45) is 0 Å². The molecule has 6 nitrogen and oxygen atoms in total. The minimum absolute atomic E-state index is 0.00953. The third kappa shape index (κ3) is 59.4. The van der Waals surface area contributed by atoms with Gasteiger partial charge in [0.2, 0.25) is 5.91 Å². The first kappa shape index (κ1) is 71.3. The second-order valence-corrected chi connectivity index (χ2v) is 22.8. The van der Waals surface area contributed by atoms with Crippen molar-refractivity contribution in [2.75, 3.05) is 13.2 Å². The van der Waals surface area contributed by atoms with Crippen LogP contribution in [-0.2, 0) is 14.3 Å². The molecule has 0 aliphatic heterocycles. The predicted molar refractivity (Wildman–Crippen MR) is 320 cm³/mol. The van der Waals surface area contributed by atoms with Gasteiger partial charge in [0.1, 0.15) is 0 Å². The van der Waals surface area contributed by atoms with Gasteiger partial charge in [-0.15, -0.1) is 0 Å². The molecule has 0 rings (SSSR count). The number of carbonyl (C=O) groups excluding carboxylic acids is 2.